The number of amides is 1. The van der Waals surface area contributed by atoms with Crippen LogP contribution in [-0.4, -0.2) is 41.5 Å². The Morgan fingerprint density at radius 1 is 1.30 bits per heavy atom. The summed E-state index contributed by atoms with van der Waals surface area (Å²) in [5, 5.41) is 6.52. The van der Waals surface area contributed by atoms with Crippen molar-refractivity contribution in [2.45, 2.75) is 39.0 Å². The van der Waals surface area contributed by atoms with Crippen LogP contribution in [0.2, 0.25) is 0 Å². The molecule has 0 saturated heterocycles. The van der Waals surface area contributed by atoms with Gasteiger partial charge >= 0.3 is 12.1 Å². The third kappa shape index (κ3) is 4.08. The molecule has 2 rings (SSSR count). The Morgan fingerprint density at radius 2 is 2.00 bits per heavy atom. The largest absolute Gasteiger partial charge is 0.461 e. The Hall–Kier alpha value is -2.38. The second kappa shape index (κ2) is 7.75. The van der Waals surface area contributed by atoms with Crippen molar-refractivity contribution in [1.29, 1.82) is 0 Å². The van der Waals surface area contributed by atoms with Crippen molar-refractivity contribution < 1.29 is 23.9 Å². The van der Waals surface area contributed by atoms with Gasteiger partial charge in [0.25, 0.3) is 0 Å². The molecule has 0 bridgehead atoms. The Bertz CT molecular complexity index is 590. The predicted octanol–water partition coefficient (Wildman–Crippen LogP) is 2.19. The number of esters is 1. The van der Waals surface area contributed by atoms with Gasteiger partial charge in [-0.05, 0) is 19.8 Å². The zero-order chi connectivity index (χ0) is 16.8. The summed E-state index contributed by atoms with van der Waals surface area (Å²) in [5.41, 5.74) is -0.0591. The lowest BCUT2D eigenvalue weighted by Crippen LogP contribution is -2.27. The molecule has 0 atom stereocenters. The van der Waals surface area contributed by atoms with Gasteiger partial charge in [0.2, 0.25) is 5.91 Å². The molecule has 1 amide bonds. The van der Waals surface area contributed by atoms with Crippen LogP contribution >= 0.6 is 0 Å². The smallest absolute Gasteiger partial charge is 0.436 e. The molecule has 8 nitrogen and oxygen atoms in total. The third-order valence-corrected chi connectivity index (χ3v) is 3.77. The van der Waals surface area contributed by atoms with Crippen molar-refractivity contribution in [1.82, 2.24) is 9.78 Å². The first-order chi connectivity index (χ1) is 11.1. The van der Waals surface area contributed by atoms with Gasteiger partial charge in [-0.25, -0.2) is 9.59 Å². The van der Waals surface area contributed by atoms with E-state index in [0.29, 0.717) is 0 Å². The van der Waals surface area contributed by atoms with E-state index in [2.05, 4.69) is 15.2 Å². The van der Waals surface area contributed by atoms with E-state index in [1.807, 2.05) is 0 Å². The summed E-state index contributed by atoms with van der Waals surface area (Å²) >= 11 is 0. The average molecular weight is 323 g/mol. The van der Waals surface area contributed by atoms with Crippen molar-refractivity contribution in [3.8, 4) is 0 Å². The fourth-order valence-electron chi connectivity index (χ4n) is 2.59. The molecule has 0 radical (unpaired) electrons. The molecule has 1 aliphatic carbocycles. The monoisotopic (exact) mass is 323 g/mol. The highest BCUT2D eigenvalue weighted by Crippen LogP contribution is 2.25. The lowest BCUT2D eigenvalue weighted by molar-refractivity contribution is -0.120. The molecule has 1 fully saturated rings. The van der Waals surface area contributed by atoms with E-state index in [9.17, 15) is 14.4 Å². The topological polar surface area (TPSA) is 99.5 Å². The molecule has 0 aliphatic heterocycles. The number of hydrogen-bond acceptors (Lipinski definition) is 6. The maximum Gasteiger partial charge on any atom is 0.436 e. The number of ether oxygens (including phenoxy) is 2. The minimum Gasteiger partial charge on any atom is -0.461 e. The van der Waals surface area contributed by atoms with Gasteiger partial charge in [0, 0.05) is 12.0 Å². The molecule has 1 heterocycles. The van der Waals surface area contributed by atoms with Gasteiger partial charge in [-0.2, -0.15) is 5.10 Å². The summed E-state index contributed by atoms with van der Waals surface area (Å²) < 4.78 is 10.3. The molecular formula is C15H21N3O5. The van der Waals surface area contributed by atoms with E-state index in [0.717, 1.165) is 36.8 Å². The summed E-state index contributed by atoms with van der Waals surface area (Å²) in [5.74, 6) is -0.820. The standard InChI is InChI=1S/C15H21N3O5/c1-3-23-14(20)11-9-12(18(17-11)15(21)22-2)16-13(19)10-7-5-4-6-8-10/h9-10H,3-8H2,1-2H3,(H,16,19). The first-order valence-corrected chi connectivity index (χ1v) is 7.73. The van der Waals surface area contributed by atoms with Crippen molar-refractivity contribution in [2.24, 2.45) is 5.92 Å². The maximum atomic E-state index is 12.3. The fourth-order valence-corrected chi connectivity index (χ4v) is 2.59. The molecule has 1 saturated carbocycles. The van der Waals surface area contributed by atoms with E-state index in [1.165, 1.54) is 13.2 Å². The molecule has 0 spiro atoms. The van der Waals surface area contributed by atoms with Crippen LogP contribution < -0.4 is 5.32 Å². The van der Waals surface area contributed by atoms with Crippen molar-refractivity contribution in [3.63, 3.8) is 0 Å². The summed E-state index contributed by atoms with van der Waals surface area (Å²) in [6.07, 6.45) is 4.02. The molecule has 23 heavy (non-hydrogen) atoms. The molecule has 1 aliphatic rings. The number of aromatic nitrogens is 2. The molecule has 1 aromatic heterocycles. The second-order valence-electron chi connectivity index (χ2n) is 5.34. The van der Waals surface area contributed by atoms with Crippen molar-refractivity contribution in [2.75, 3.05) is 19.0 Å². The molecule has 0 aromatic carbocycles. The lowest BCUT2D eigenvalue weighted by Gasteiger charge is -2.20. The number of rotatable bonds is 4. The van der Waals surface area contributed by atoms with Crippen LogP contribution in [0.1, 0.15) is 49.5 Å². The van der Waals surface area contributed by atoms with Crippen molar-refractivity contribution >= 4 is 23.8 Å². The lowest BCUT2D eigenvalue weighted by atomic mass is 9.89. The van der Waals surface area contributed by atoms with E-state index in [4.69, 9.17) is 4.74 Å². The second-order valence-corrected chi connectivity index (χ2v) is 5.34. The van der Waals surface area contributed by atoms with Gasteiger partial charge in [0.15, 0.2) is 5.69 Å². The number of anilines is 1. The van der Waals surface area contributed by atoms with E-state index >= 15 is 0 Å². The first kappa shape index (κ1) is 17.0. The van der Waals surface area contributed by atoms with Gasteiger partial charge in [-0.1, -0.05) is 19.3 Å². The van der Waals surface area contributed by atoms with Crippen LogP contribution in [0.3, 0.4) is 0 Å². The number of methoxy groups -OCH3 is 1. The van der Waals surface area contributed by atoms with Crippen LogP contribution in [0.4, 0.5) is 10.6 Å². The number of nitrogens with one attached hydrogen (secondary N) is 1. The van der Waals surface area contributed by atoms with Gasteiger partial charge in [0.1, 0.15) is 5.82 Å². The van der Waals surface area contributed by atoms with E-state index in [-0.39, 0.29) is 29.9 Å². The summed E-state index contributed by atoms with van der Waals surface area (Å²) in [6, 6.07) is 1.32. The predicted molar refractivity (Wildman–Crippen MR) is 81.2 cm³/mol. The van der Waals surface area contributed by atoms with Crippen LogP contribution in [0, 0.1) is 5.92 Å². The quantitative estimate of drug-likeness (QED) is 0.853. The summed E-state index contributed by atoms with van der Waals surface area (Å²) in [6.45, 7) is 1.86. The molecule has 126 valence electrons. The fraction of sp³-hybridized carbons (Fsp3) is 0.600. The van der Waals surface area contributed by atoms with Crippen LogP contribution in [0.25, 0.3) is 0 Å². The first-order valence-electron chi connectivity index (χ1n) is 7.73. The molecule has 8 heteroatoms. The highest BCUT2D eigenvalue weighted by molar-refractivity contribution is 5.96. The maximum absolute atomic E-state index is 12.3. The Labute approximate surface area is 134 Å². The minimum atomic E-state index is -0.792. The summed E-state index contributed by atoms with van der Waals surface area (Å²) in [7, 11) is 1.20. The van der Waals surface area contributed by atoms with Crippen LogP contribution in [0.15, 0.2) is 6.07 Å². The highest BCUT2D eigenvalue weighted by Gasteiger charge is 2.25. The normalized spacial score (nSPS) is 15.0. The SMILES string of the molecule is CCOC(=O)c1cc(NC(=O)C2CCCCC2)n(C(=O)OC)n1. The minimum absolute atomic E-state index is 0.0591. The third-order valence-electron chi connectivity index (χ3n) is 3.77. The van der Waals surface area contributed by atoms with E-state index < -0.39 is 12.1 Å². The van der Waals surface area contributed by atoms with Gasteiger partial charge in [-0.3, -0.25) is 4.79 Å². The number of carbonyl (C=O) groups excluding carboxylic acids is 3. The van der Waals surface area contributed by atoms with E-state index in [1.54, 1.807) is 6.92 Å². The average Bonchev–Trinajstić information content (AvgIpc) is 2.99. The molecular weight excluding hydrogens is 302 g/mol. The Balaban J connectivity index is 2.19. The van der Waals surface area contributed by atoms with Crippen LogP contribution in [-0.2, 0) is 14.3 Å². The van der Waals surface area contributed by atoms with Gasteiger partial charge in [-0.15, -0.1) is 4.68 Å². The zero-order valence-electron chi connectivity index (χ0n) is 13.3. The number of carbonyl (C=O) groups is 3. The Kier molecular flexibility index (Phi) is 5.72. The van der Waals surface area contributed by atoms with Gasteiger partial charge < -0.3 is 14.8 Å². The zero-order valence-corrected chi connectivity index (χ0v) is 13.3. The van der Waals surface area contributed by atoms with Gasteiger partial charge in [0.05, 0.1) is 13.7 Å². The molecule has 1 N–H and O–H groups in total. The van der Waals surface area contributed by atoms with Crippen LogP contribution in [0.5, 0.6) is 0 Å². The molecule has 0 unspecified atom stereocenters. The summed E-state index contributed by atoms with van der Waals surface area (Å²) in [4.78, 5) is 35.8. The Morgan fingerprint density at radius 3 is 2.61 bits per heavy atom. The molecule has 1 aromatic rings. The highest BCUT2D eigenvalue weighted by atomic mass is 16.5. The van der Waals surface area contributed by atoms with Crippen molar-refractivity contribution in [3.05, 3.63) is 11.8 Å². The number of hydrogen-bond donors (Lipinski definition) is 1. The number of nitrogens with zero attached hydrogens (tertiary/aromatic N) is 2.